The summed E-state index contributed by atoms with van der Waals surface area (Å²) in [6, 6.07) is 0.390. The molecule has 0 amide bonds. The Bertz CT molecular complexity index is 338. The number of hydrogen-bond acceptors (Lipinski definition) is 4. The second kappa shape index (κ2) is 3.30. The third-order valence-electron chi connectivity index (χ3n) is 4.26. The highest BCUT2D eigenvalue weighted by Gasteiger charge is 2.46. The van der Waals surface area contributed by atoms with Crippen LogP contribution in [-0.2, 0) is 5.41 Å². The van der Waals surface area contributed by atoms with Gasteiger partial charge in [0, 0.05) is 11.5 Å². The minimum absolute atomic E-state index is 0.162. The van der Waals surface area contributed by atoms with Gasteiger partial charge in [0.25, 0.3) is 0 Å². The smallest absolute Gasteiger partial charge is 0.222 e. The van der Waals surface area contributed by atoms with Crippen molar-refractivity contribution in [3.63, 3.8) is 0 Å². The first-order valence-corrected chi connectivity index (χ1v) is 5.82. The fourth-order valence-electron chi connectivity index (χ4n) is 3.39. The molecule has 1 heterocycles. The van der Waals surface area contributed by atoms with E-state index in [9.17, 15) is 0 Å². The highest BCUT2D eigenvalue weighted by molar-refractivity contribution is 5.10. The van der Waals surface area contributed by atoms with Crippen molar-refractivity contribution < 1.29 is 4.42 Å². The highest BCUT2D eigenvalue weighted by Crippen LogP contribution is 2.49. The largest absolute Gasteiger partial charge is 0.427 e. The van der Waals surface area contributed by atoms with E-state index in [2.05, 4.69) is 10.2 Å². The Balaban J connectivity index is 1.92. The number of fused-ring (bicyclic) bond motifs is 2. The van der Waals surface area contributed by atoms with Crippen LogP contribution in [0.5, 0.6) is 0 Å². The molecule has 2 saturated carbocycles. The maximum absolute atomic E-state index is 6.13. The summed E-state index contributed by atoms with van der Waals surface area (Å²) in [4.78, 5) is 0. The fraction of sp³-hybridized carbons (Fsp3) is 0.818. The van der Waals surface area contributed by atoms with Gasteiger partial charge in [-0.15, -0.1) is 10.2 Å². The molecular weight excluding hydrogens is 190 g/mol. The molecule has 82 valence electrons. The van der Waals surface area contributed by atoms with Gasteiger partial charge in [-0.3, -0.25) is 0 Å². The maximum Gasteiger partial charge on any atom is 0.222 e. The summed E-state index contributed by atoms with van der Waals surface area (Å²) >= 11 is 0. The van der Waals surface area contributed by atoms with Gasteiger partial charge in [0.2, 0.25) is 12.3 Å². The molecule has 2 aliphatic rings. The minimum Gasteiger partial charge on any atom is -0.427 e. The third kappa shape index (κ3) is 1.39. The van der Waals surface area contributed by atoms with Crippen molar-refractivity contribution in [2.45, 2.75) is 50.0 Å². The zero-order valence-corrected chi connectivity index (χ0v) is 8.85. The summed E-state index contributed by atoms with van der Waals surface area (Å²) in [7, 11) is 0. The van der Waals surface area contributed by atoms with Gasteiger partial charge < -0.3 is 10.2 Å². The summed E-state index contributed by atoms with van der Waals surface area (Å²) in [5.41, 5.74) is 6.29. The molecule has 15 heavy (non-hydrogen) atoms. The molecule has 2 fully saturated rings. The van der Waals surface area contributed by atoms with Crippen LogP contribution < -0.4 is 5.73 Å². The van der Waals surface area contributed by atoms with Crippen LogP contribution in [0.25, 0.3) is 0 Å². The molecule has 2 bridgehead atoms. The van der Waals surface area contributed by atoms with E-state index in [1.807, 2.05) is 0 Å². The predicted octanol–water partition coefficient (Wildman–Crippen LogP) is 1.62. The maximum atomic E-state index is 6.13. The lowest BCUT2D eigenvalue weighted by atomic mass is 9.60. The van der Waals surface area contributed by atoms with Crippen LogP contribution in [-0.4, -0.2) is 16.2 Å². The van der Waals surface area contributed by atoms with Crippen molar-refractivity contribution in [3.05, 3.63) is 12.3 Å². The van der Waals surface area contributed by atoms with E-state index < -0.39 is 0 Å². The number of aromatic nitrogens is 2. The van der Waals surface area contributed by atoms with Crippen LogP contribution in [0.4, 0.5) is 0 Å². The van der Waals surface area contributed by atoms with Gasteiger partial charge >= 0.3 is 0 Å². The van der Waals surface area contributed by atoms with Crippen molar-refractivity contribution >= 4 is 0 Å². The lowest BCUT2D eigenvalue weighted by molar-refractivity contribution is 0.105. The third-order valence-corrected chi connectivity index (χ3v) is 4.26. The van der Waals surface area contributed by atoms with E-state index in [-0.39, 0.29) is 5.41 Å². The zero-order chi connectivity index (χ0) is 10.3. The molecule has 2 N–H and O–H groups in total. The average molecular weight is 207 g/mol. The number of rotatable bonds is 1. The Morgan fingerprint density at radius 3 is 3.13 bits per heavy atom. The van der Waals surface area contributed by atoms with Gasteiger partial charge in [0.15, 0.2) is 0 Å². The van der Waals surface area contributed by atoms with Crippen LogP contribution in [0, 0.1) is 5.92 Å². The molecule has 4 nitrogen and oxygen atoms in total. The Kier molecular flexibility index (Phi) is 2.06. The van der Waals surface area contributed by atoms with Gasteiger partial charge in [0.05, 0.1) is 0 Å². The zero-order valence-electron chi connectivity index (χ0n) is 8.85. The first-order chi connectivity index (χ1) is 7.30. The topological polar surface area (TPSA) is 64.9 Å². The molecule has 0 saturated heterocycles. The lowest BCUT2D eigenvalue weighted by Crippen LogP contribution is -2.46. The Morgan fingerprint density at radius 1 is 1.40 bits per heavy atom. The summed E-state index contributed by atoms with van der Waals surface area (Å²) in [5, 5.41) is 7.93. The first-order valence-electron chi connectivity index (χ1n) is 5.82. The van der Waals surface area contributed by atoms with Crippen LogP contribution in [0.15, 0.2) is 10.8 Å². The normalized spacial score (nSPS) is 40.3. The Morgan fingerprint density at radius 2 is 2.33 bits per heavy atom. The van der Waals surface area contributed by atoms with Gasteiger partial charge in [-0.25, -0.2) is 0 Å². The van der Waals surface area contributed by atoms with Gasteiger partial charge in [-0.2, -0.15) is 0 Å². The second-order valence-corrected chi connectivity index (χ2v) is 5.08. The molecule has 1 aromatic rings. The summed E-state index contributed by atoms with van der Waals surface area (Å²) in [6.07, 6.45) is 8.54. The van der Waals surface area contributed by atoms with Crippen LogP contribution >= 0.6 is 0 Å². The van der Waals surface area contributed by atoms with E-state index in [4.69, 9.17) is 10.2 Å². The molecular formula is C11H17N3O. The Hall–Kier alpha value is -0.900. The van der Waals surface area contributed by atoms with Crippen molar-refractivity contribution in [1.82, 2.24) is 10.2 Å². The molecule has 4 heteroatoms. The van der Waals surface area contributed by atoms with E-state index in [0.717, 1.165) is 25.2 Å². The molecule has 0 aliphatic heterocycles. The molecule has 3 atom stereocenters. The van der Waals surface area contributed by atoms with Crippen molar-refractivity contribution in [2.75, 3.05) is 0 Å². The lowest BCUT2D eigenvalue weighted by Gasteiger charge is -2.45. The van der Waals surface area contributed by atoms with Crippen LogP contribution in [0.3, 0.4) is 0 Å². The first kappa shape index (κ1) is 9.33. The van der Waals surface area contributed by atoms with Crippen molar-refractivity contribution in [3.8, 4) is 0 Å². The van der Waals surface area contributed by atoms with E-state index in [1.165, 1.54) is 25.7 Å². The van der Waals surface area contributed by atoms with Gasteiger partial charge in [0.1, 0.15) is 0 Å². The molecule has 0 aromatic carbocycles. The molecule has 0 spiro atoms. The average Bonchev–Trinajstić information content (AvgIpc) is 2.79. The fourth-order valence-corrected chi connectivity index (χ4v) is 3.39. The Labute approximate surface area is 89.2 Å². The molecule has 3 unspecified atom stereocenters. The van der Waals surface area contributed by atoms with E-state index >= 15 is 0 Å². The number of hydrogen-bond donors (Lipinski definition) is 1. The van der Waals surface area contributed by atoms with Gasteiger partial charge in [-0.1, -0.05) is 6.42 Å². The highest BCUT2D eigenvalue weighted by atomic mass is 16.4. The predicted molar refractivity (Wildman–Crippen MR) is 55.1 cm³/mol. The van der Waals surface area contributed by atoms with Gasteiger partial charge in [-0.05, 0) is 38.0 Å². The SMILES string of the molecule is NC1CCC2(c3nnco3)CCCC1C2. The van der Waals surface area contributed by atoms with Crippen LogP contribution in [0.2, 0.25) is 0 Å². The second-order valence-electron chi connectivity index (χ2n) is 5.08. The van der Waals surface area contributed by atoms with E-state index in [0.29, 0.717) is 12.0 Å². The summed E-state index contributed by atoms with van der Waals surface area (Å²) in [6.45, 7) is 0. The molecule has 2 aliphatic carbocycles. The quantitative estimate of drug-likeness (QED) is 0.760. The van der Waals surface area contributed by atoms with Crippen molar-refractivity contribution in [1.29, 1.82) is 0 Å². The molecule has 3 rings (SSSR count). The van der Waals surface area contributed by atoms with Crippen molar-refractivity contribution in [2.24, 2.45) is 11.7 Å². The standard InChI is InChI=1S/C11H17N3O/c12-9-3-5-11(10-14-13-7-15-10)4-1-2-8(9)6-11/h7-9H,1-6,12H2. The summed E-state index contributed by atoms with van der Waals surface area (Å²) < 4.78 is 5.42. The van der Waals surface area contributed by atoms with Crippen LogP contribution in [0.1, 0.15) is 44.4 Å². The minimum atomic E-state index is 0.162. The monoisotopic (exact) mass is 207 g/mol. The molecule has 1 aromatic heterocycles. The molecule has 0 radical (unpaired) electrons. The van der Waals surface area contributed by atoms with E-state index in [1.54, 1.807) is 0 Å². The number of nitrogens with zero attached hydrogens (tertiary/aromatic N) is 2. The number of nitrogens with two attached hydrogens (primary N) is 1. The summed E-state index contributed by atoms with van der Waals surface area (Å²) in [5.74, 6) is 1.51.